The van der Waals surface area contributed by atoms with E-state index in [-0.39, 0.29) is 17.0 Å². The Morgan fingerprint density at radius 2 is 2.00 bits per heavy atom. The van der Waals surface area contributed by atoms with Crippen molar-refractivity contribution in [2.45, 2.75) is 6.54 Å². The van der Waals surface area contributed by atoms with Crippen LogP contribution in [0.1, 0.15) is 5.56 Å². The molecule has 0 aliphatic carbocycles. The van der Waals surface area contributed by atoms with Gasteiger partial charge in [-0.2, -0.15) is 0 Å². The Bertz CT molecular complexity index is 405. The van der Waals surface area contributed by atoms with Gasteiger partial charge in [0.15, 0.2) is 0 Å². The van der Waals surface area contributed by atoms with Crippen molar-refractivity contribution in [3.8, 4) is 5.75 Å². The Morgan fingerprint density at radius 3 is 2.57 bits per heavy atom. The normalized spacial score (nSPS) is 11.5. The first-order chi connectivity index (χ1) is 6.55. The topological polar surface area (TPSA) is 66.4 Å². The molecule has 0 radical (unpaired) electrons. The first kappa shape index (κ1) is 11.5. The monoisotopic (exact) mass is 279 g/mol. The molecule has 0 fully saturated rings. The van der Waals surface area contributed by atoms with Crippen LogP contribution < -0.4 is 4.72 Å². The second kappa shape index (κ2) is 4.77. The van der Waals surface area contributed by atoms with Gasteiger partial charge in [-0.3, -0.25) is 0 Å². The van der Waals surface area contributed by atoms with Gasteiger partial charge < -0.3 is 5.11 Å². The molecule has 1 rings (SSSR count). The summed E-state index contributed by atoms with van der Waals surface area (Å²) >= 11 is 2.85. The van der Waals surface area contributed by atoms with Gasteiger partial charge in [0, 0.05) is 12.1 Å². The lowest BCUT2D eigenvalue weighted by Gasteiger charge is -2.05. The van der Waals surface area contributed by atoms with Crippen molar-refractivity contribution in [3.05, 3.63) is 29.8 Å². The summed E-state index contributed by atoms with van der Waals surface area (Å²) in [5.74, 6) is 0.0878. The van der Waals surface area contributed by atoms with E-state index in [9.17, 15) is 13.5 Å². The molecule has 4 nitrogen and oxygen atoms in total. The summed E-state index contributed by atoms with van der Waals surface area (Å²) in [7, 11) is -3.28. The van der Waals surface area contributed by atoms with Crippen molar-refractivity contribution in [2.75, 3.05) is 4.66 Å². The second-order valence-corrected chi connectivity index (χ2v) is 5.78. The molecule has 14 heavy (non-hydrogen) atoms. The zero-order chi connectivity index (χ0) is 10.6. The number of benzene rings is 1. The average Bonchev–Trinajstić information content (AvgIpc) is 2.17. The Labute approximate surface area is 91.1 Å². The molecule has 0 bridgehead atoms. The molecule has 0 saturated carbocycles. The number of nitrogens with one attached hydrogen (secondary N) is 1. The number of para-hydroxylation sites is 1. The van der Waals surface area contributed by atoms with Crippen LogP contribution in [0, 0.1) is 0 Å². The minimum Gasteiger partial charge on any atom is -0.508 e. The number of alkyl halides is 1. The maximum Gasteiger partial charge on any atom is 0.221 e. The maximum atomic E-state index is 11.0. The number of hydrogen-bond acceptors (Lipinski definition) is 3. The number of sulfonamides is 1. The van der Waals surface area contributed by atoms with Crippen LogP contribution >= 0.6 is 15.9 Å². The molecule has 0 atom stereocenters. The minimum absolute atomic E-state index is 0.0878. The van der Waals surface area contributed by atoms with Gasteiger partial charge in [0.05, 0.1) is 0 Å². The van der Waals surface area contributed by atoms with Gasteiger partial charge in [-0.1, -0.05) is 34.1 Å². The van der Waals surface area contributed by atoms with Crippen LogP contribution in [0.25, 0.3) is 0 Å². The lowest BCUT2D eigenvalue weighted by molar-refractivity contribution is 0.467. The number of halogens is 1. The van der Waals surface area contributed by atoms with Gasteiger partial charge in [-0.05, 0) is 6.07 Å². The summed E-state index contributed by atoms with van der Waals surface area (Å²) < 4.78 is 24.3. The van der Waals surface area contributed by atoms with Crippen molar-refractivity contribution < 1.29 is 13.5 Å². The van der Waals surface area contributed by atoms with Gasteiger partial charge in [0.25, 0.3) is 0 Å². The Kier molecular flexibility index (Phi) is 3.91. The van der Waals surface area contributed by atoms with E-state index >= 15 is 0 Å². The Balaban J connectivity index is 2.68. The van der Waals surface area contributed by atoms with Crippen molar-refractivity contribution >= 4 is 26.0 Å². The fourth-order valence-electron chi connectivity index (χ4n) is 0.887. The molecule has 0 heterocycles. The third-order valence-corrected chi connectivity index (χ3v) is 4.30. The third-order valence-electron chi connectivity index (χ3n) is 1.62. The molecule has 1 aromatic carbocycles. The molecule has 0 aliphatic heterocycles. The highest BCUT2D eigenvalue weighted by molar-refractivity contribution is 9.10. The SMILES string of the molecule is O=S(=O)(CBr)NCc1ccccc1O. The van der Waals surface area contributed by atoms with Crippen LogP contribution in [0.15, 0.2) is 24.3 Å². The van der Waals surface area contributed by atoms with E-state index in [1.54, 1.807) is 18.2 Å². The highest BCUT2D eigenvalue weighted by Gasteiger charge is 2.08. The van der Waals surface area contributed by atoms with Crippen LogP contribution in [-0.2, 0) is 16.6 Å². The van der Waals surface area contributed by atoms with Crippen LogP contribution in [0.5, 0.6) is 5.75 Å². The van der Waals surface area contributed by atoms with Gasteiger partial charge in [0.2, 0.25) is 10.0 Å². The molecule has 78 valence electrons. The smallest absolute Gasteiger partial charge is 0.221 e. The van der Waals surface area contributed by atoms with Crippen molar-refractivity contribution in [1.82, 2.24) is 4.72 Å². The van der Waals surface area contributed by atoms with E-state index in [1.165, 1.54) is 6.07 Å². The summed E-state index contributed by atoms with van der Waals surface area (Å²) in [6, 6.07) is 6.58. The number of hydrogen-bond donors (Lipinski definition) is 2. The Morgan fingerprint density at radius 1 is 1.36 bits per heavy atom. The van der Waals surface area contributed by atoms with E-state index in [2.05, 4.69) is 20.7 Å². The van der Waals surface area contributed by atoms with Crippen molar-refractivity contribution in [2.24, 2.45) is 0 Å². The molecule has 1 aromatic rings. The van der Waals surface area contributed by atoms with Crippen LogP contribution in [-0.4, -0.2) is 18.2 Å². The van der Waals surface area contributed by atoms with Crippen molar-refractivity contribution in [1.29, 1.82) is 0 Å². The lowest BCUT2D eigenvalue weighted by atomic mass is 10.2. The van der Waals surface area contributed by atoms with Crippen LogP contribution in [0.3, 0.4) is 0 Å². The third kappa shape index (κ3) is 3.28. The quantitative estimate of drug-likeness (QED) is 0.813. The largest absolute Gasteiger partial charge is 0.508 e. The first-order valence-electron chi connectivity index (χ1n) is 3.85. The molecule has 0 spiro atoms. The molecule has 0 amide bonds. The number of rotatable bonds is 4. The first-order valence-corrected chi connectivity index (χ1v) is 6.63. The molecular formula is C8H10BrNO3S. The number of aromatic hydroxyl groups is 1. The van der Waals surface area contributed by atoms with Crippen LogP contribution in [0.4, 0.5) is 0 Å². The van der Waals surface area contributed by atoms with E-state index in [0.29, 0.717) is 5.56 Å². The molecular weight excluding hydrogens is 270 g/mol. The number of phenols is 1. The zero-order valence-electron chi connectivity index (χ0n) is 7.27. The van der Waals surface area contributed by atoms with E-state index in [4.69, 9.17) is 0 Å². The molecule has 0 unspecified atom stereocenters. The summed E-state index contributed by atoms with van der Waals surface area (Å²) in [5, 5.41) is 9.33. The zero-order valence-corrected chi connectivity index (χ0v) is 9.68. The van der Waals surface area contributed by atoms with Gasteiger partial charge in [-0.15, -0.1) is 0 Å². The Hall–Kier alpha value is -0.590. The van der Waals surface area contributed by atoms with Crippen LogP contribution in [0.2, 0.25) is 0 Å². The summed E-state index contributed by atoms with van der Waals surface area (Å²) in [6.07, 6.45) is 0. The van der Waals surface area contributed by atoms with E-state index < -0.39 is 10.0 Å². The predicted molar refractivity (Wildman–Crippen MR) is 57.7 cm³/mol. The molecule has 0 saturated heterocycles. The maximum absolute atomic E-state index is 11.0. The summed E-state index contributed by atoms with van der Waals surface area (Å²) in [5.41, 5.74) is 0.553. The minimum atomic E-state index is -3.28. The van der Waals surface area contributed by atoms with E-state index in [0.717, 1.165) is 0 Å². The molecule has 0 aromatic heterocycles. The number of phenolic OH excluding ortho intramolecular Hbond substituents is 1. The highest BCUT2D eigenvalue weighted by atomic mass is 79.9. The average molecular weight is 280 g/mol. The highest BCUT2D eigenvalue weighted by Crippen LogP contribution is 2.15. The standard InChI is InChI=1S/C8H10BrNO3S/c9-6-14(12,13)10-5-7-3-1-2-4-8(7)11/h1-4,10-11H,5-6H2. The van der Waals surface area contributed by atoms with Crippen molar-refractivity contribution in [3.63, 3.8) is 0 Å². The van der Waals surface area contributed by atoms with Gasteiger partial charge >= 0.3 is 0 Å². The summed E-state index contributed by atoms with van der Waals surface area (Å²) in [6.45, 7) is 0.0978. The fraction of sp³-hybridized carbons (Fsp3) is 0.250. The molecule has 2 N–H and O–H groups in total. The molecule has 6 heteroatoms. The predicted octanol–water partition coefficient (Wildman–Crippen LogP) is 1.16. The molecule has 0 aliphatic rings. The lowest BCUT2D eigenvalue weighted by Crippen LogP contribution is -2.23. The van der Waals surface area contributed by atoms with Gasteiger partial charge in [0.1, 0.15) is 10.4 Å². The second-order valence-electron chi connectivity index (χ2n) is 2.67. The fourth-order valence-corrected chi connectivity index (χ4v) is 1.82. The van der Waals surface area contributed by atoms with E-state index in [1.807, 2.05) is 0 Å². The van der Waals surface area contributed by atoms with Gasteiger partial charge in [-0.25, -0.2) is 13.1 Å². The summed E-state index contributed by atoms with van der Waals surface area (Å²) in [4.78, 5) is 0.